The van der Waals surface area contributed by atoms with Crippen molar-refractivity contribution in [1.29, 1.82) is 0 Å². The third-order valence-corrected chi connectivity index (χ3v) is 5.47. The lowest BCUT2D eigenvalue weighted by Gasteiger charge is -2.23. The van der Waals surface area contributed by atoms with Gasteiger partial charge in [0.05, 0.1) is 5.69 Å². The third kappa shape index (κ3) is 5.77. The second kappa shape index (κ2) is 9.66. The maximum Gasteiger partial charge on any atom is 0.188 e. The molecule has 2 aliphatic rings. The Morgan fingerprint density at radius 1 is 1.26 bits per heavy atom. The van der Waals surface area contributed by atoms with E-state index in [4.69, 9.17) is 10.7 Å². The van der Waals surface area contributed by atoms with Crippen LogP contribution in [0.15, 0.2) is 10.4 Å². The average molecular weight is 449 g/mol. The summed E-state index contributed by atoms with van der Waals surface area (Å²) in [6.07, 6.45) is 9.88. The van der Waals surface area contributed by atoms with Crippen molar-refractivity contribution < 1.29 is 0 Å². The first-order valence-electron chi connectivity index (χ1n) is 8.57. The summed E-state index contributed by atoms with van der Waals surface area (Å²) < 4.78 is 0. The van der Waals surface area contributed by atoms with Gasteiger partial charge < -0.3 is 16.0 Å². The van der Waals surface area contributed by atoms with Gasteiger partial charge in [0.15, 0.2) is 11.1 Å². The summed E-state index contributed by atoms with van der Waals surface area (Å²) in [6, 6.07) is 0.526. The molecule has 1 aliphatic heterocycles. The Hall–Kier alpha value is -0.570. The molecule has 0 amide bonds. The Balaban J connectivity index is 0.00000192. The van der Waals surface area contributed by atoms with Gasteiger partial charge in [-0.1, -0.05) is 19.3 Å². The lowest BCUT2D eigenvalue weighted by molar-refractivity contribution is 0.412. The van der Waals surface area contributed by atoms with Gasteiger partial charge >= 0.3 is 0 Å². The largest absolute Gasteiger partial charge is 0.370 e. The first-order valence-corrected chi connectivity index (χ1v) is 9.45. The van der Waals surface area contributed by atoms with E-state index in [1.807, 2.05) is 0 Å². The van der Waals surface area contributed by atoms with Crippen molar-refractivity contribution in [1.82, 2.24) is 10.3 Å². The first-order chi connectivity index (χ1) is 10.8. The summed E-state index contributed by atoms with van der Waals surface area (Å²) in [4.78, 5) is 11.6. The van der Waals surface area contributed by atoms with Crippen molar-refractivity contribution in [2.24, 2.45) is 10.7 Å². The van der Waals surface area contributed by atoms with Crippen molar-refractivity contribution >= 4 is 46.4 Å². The number of halogens is 1. The minimum absolute atomic E-state index is 0. The second-order valence-corrected chi connectivity index (χ2v) is 7.15. The van der Waals surface area contributed by atoms with Crippen molar-refractivity contribution in [3.63, 3.8) is 0 Å². The number of nitrogens with zero attached hydrogens (tertiary/aromatic N) is 3. The van der Waals surface area contributed by atoms with Gasteiger partial charge in [-0.05, 0) is 25.7 Å². The van der Waals surface area contributed by atoms with Crippen molar-refractivity contribution in [3.8, 4) is 0 Å². The molecule has 0 radical (unpaired) electrons. The van der Waals surface area contributed by atoms with E-state index in [0.717, 1.165) is 25.2 Å². The fraction of sp³-hybridized carbons (Fsp3) is 0.750. The number of aromatic nitrogens is 1. The molecule has 1 aromatic rings. The number of anilines is 1. The molecule has 23 heavy (non-hydrogen) atoms. The fourth-order valence-corrected chi connectivity index (χ4v) is 4.17. The van der Waals surface area contributed by atoms with E-state index in [2.05, 4.69) is 20.6 Å². The van der Waals surface area contributed by atoms with E-state index >= 15 is 0 Å². The van der Waals surface area contributed by atoms with Gasteiger partial charge in [0.1, 0.15) is 0 Å². The van der Waals surface area contributed by atoms with E-state index in [-0.39, 0.29) is 24.0 Å². The van der Waals surface area contributed by atoms with Crippen molar-refractivity contribution in [2.75, 3.05) is 24.5 Å². The van der Waals surface area contributed by atoms with Gasteiger partial charge in [0.2, 0.25) is 0 Å². The Labute approximate surface area is 160 Å². The highest BCUT2D eigenvalue weighted by Gasteiger charge is 2.15. The van der Waals surface area contributed by atoms with E-state index in [9.17, 15) is 0 Å². The first kappa shape index (κ1) is 18.8. The van der Waals surface area contributed by atoms with Gasteiger partial charge in [-0.3, -0.25) is 4.99 Å². The molecule has 1 saturated heterocycles. The number of thiazole rings is 1. The van der Waals surface area contributed by atoms with Gasteiger partial charge in [-0.15, -0.1) is 35.3 Å². The van der Waals surface area contributed by atoms with Crippen LogP contribution in [0, 0.1) is 0 Å². The Kier molecular flexibility index (Phi) is 7.88. The topological polar surface area (TPSA) is 66.5 Å². The Morgan fingerprint density at radius 2 is 2.00 bits per heavy atom. The highest BCUT2D eigenvalue weighted by Crippen LogP contribution is 2.24. The number of hydrogen-bond donors (Lipinski definition) is 2. The summed E-state index contributed by atoms with van der Waals surface area (Å²) in [7, 11) is 0. The number of nitrogens with two attached hydrogens (primary N) is 1. The molecule has 130 valence electrons. The SMILES string of the molecule is I.NC(=NCCc1csc(N2CCCC2)n1)NC1CCCCC1. The van der Waals surface area contributed by atoms with Crippen LogP contribution in [-0.4, -0.2) is 36.6 Å². The molecule has 0 aromatic carbocycles. The van der Waals surface area contributed by atoms with E-state index in [1.54, 1.807) is 11.3 Å². The molecule has 2 fully saturated rings. The molecule has 7 heteroatoms. The molecule has 3 rings (SSSR count). The zero-order valence-corrected chi connectivity index (χ0v) is 16.8. The standard InChI is InChI=1S/C16H27N5S.HI/c17-15(19-13-6-2-1-3-7-13)18-9-8-14-12-22-16(20-14)21-10-4-5-11-21;/h12-13H,1-11H2,(H3,17,18,19);1H. The number of guanidine groups is 1. The van der Waals surface area contributed by atoms with Crippen LogP contribution < -0.4 is 16.0 Å². The highest BCUT2D eigenvalue weighted by atomic mass is 127. The molecule has 0 spiro atoms. The smallest absolute Gasteiger partial charge is 0.188 e. The van der Waals surface area contributed by atoms with Crippen LogP contribution in [0.4, 0.5) is 5.13 Å². The third-order valence-electron chi connectivity index (χ3n) is 4.52. The minimum atomic E-state index is 0. The van der Waals surface area contributed by atoms with Gasteiger partial charge in [0.25, 0.3) is 0 Å². The number of rotatable bonds is 5. The van der Waals surface area contributed by atoms with Crippen LogP contribution in [-0.2, 0) is 6.42 Å². The van der Waals surface area contributed by atoms with Crippen LogP contribution in [0.5, 0.6) is 0 Å². The summed E-state index contributed by atoms with van der Waals surface area (Å²) in [5.74, 6) is 0.599. The Morgan fingerprint density at radius 3 is 2.74 bits per heavy atom. The second-order valence-electron chi connectivity index (χ2n) is 6.31. The van der Waals surface area contributed by atoms with E-state index in [1.165, 1.54) is 50.1 Å². The van der Waals surface area contributed by atoms with Crippen LogP contribution in [0.3, 0.4) is 0 Å². The van der Waals surface area contributed by atoms with Crippen molar-refractivity contribution in [3.05, 3.63) is 11.1 Å². The predicted octanol–water partition coefficient (Wildman–Crippen LogP) is 3.14. The zero-order valence-electron chi connectivity index (χ0n) is 13.7. The van der Waals surface area contributed by atoms with Gasteiger partial charge in [-0.2, -0.15) is 0 Å². The molecular weight excluding hydrogens is 421 g/mol. The summed E-state index contributed by atoms with van der Waals surface area (Å²) >= 11 is 1.75. The monoisotopic (exact) mass is 449 g/mol. The maximum atomic E-state index is 5.99. The molecule has 1 aromatic heterocycles. The molecule has 2 heterocycles. The van der Waals surface area contributed by atoms with Crippen molar-refractivity contribution in [2.45, 2.75) is 57.4 Å². The summed E-state index contributed by atoms with van der Waals surface area (Å²) in [5, 5.41) is 6.69. The number of hydrogen-bond acceptors (Lipinski definition) is 4. The zero-order chi connectivity index (χ0) is 15.2. The molecule has 1 saturated carbocycles. The molecule has 3 N–H and O–H groups in total. The van der Waals surface area contributed by atoms with E-state index in [0.29, 0.717) is 18.5 Å². The highest BCUT2D eigenvalue weighted by molar-refractivity contribution is 14.0. The number of nitrogens with one attached hydrogen (secondary N) is 1. The summed E-state index contributed by atoms with van der Waals surface area (Å²) in [5.41, 5.74) is 7.13. The van der Waals surface area contributed by atoms with Crippen LogP contribution in [0.25, 0.3) is 0 Å². The van der Waals surface area contributed by atoms with Crippen LogP contribution in [0.2, 0.25) is 0 Å². The van der Waals surface area contributed by atoms with Crippen LogP contribution >= 0.6 is 35.3 Å². The van der Waals surface area contributed by atoms with Crippen LogP contribution in [0.1, 0.15) is 50.6 Å². The minimum Gasteiger partial charge on any atom is -0.370 e. The lowest BCUT2D eigenvalue weighted by Crippen LogP contribution is -2.41. The molecule has 0 bridgehead atoms. The maximum absolute atomic E-state index is 5.99. The average Bonchev–Trinajstić information content (AvgIpc) is 3.19. The fourth-order valence-electron chi connectivity index (χ4n) is 3.26. The van der Waals surface area contributed by atoms with Gasteiger partial charge in [-0.25, -0.2) is 4.98 Å². The lowest BCUT2D eigenvalue weighted by atomic mass is 9.96. The molecule has 5 nitrogen and oxygen atoms in total. The number of aliphatic imine (C=N–C) groups is 1. The molecule has 1 aliphatic carbocycles. The van der Waals surface area contributed by atoms with Gasteiger partial charge in [0, 0.05) is 37.5 Å². The Bertz CT molecular complexity index is 492. The molecule has 0 unspecified atom stereocenters. The normalized spacial score (nSPS) is 19.7. The molecular formula is C16H28IN5S. The predicted molar refractivity (Wildman–Crippen MR) is 109 cm³/mol. The van der Waals surface area contributed by atoms with E-state index < -0.39 is 0 Å². The molecule has 0 atom stereocenters. The summed E-state index contributed by atoms with van der Waals surface area (Å²) in [6.45, 7) is 3.03. The quantitative estimate of drug-likeness (QED) is 0.412.